The van der Waals surface area contributed by atoms with Gasteiger partial charge in [0, 0.05) is 12.2 Å². The number of anilines is 1. The van der Waals surface area contributed by atoms with E-state index < -0.39 is 42.7 Å². The molecule has 0 bridgehead atoms. The Bertz CT molecular complexity index is 993. The average Bonchev–Trinajstić information content (AvgIpc) is 2.70. The van der Waals surface area contributed by atoms with Crippen molar-refractivity contribution in [2.24, 2.45) is 0 Å². The van der Waals surface area contributed by atoms with Gasteiger partial charge in [-0.2, -0.15) is 30.7 Å². The quantitative estimate of drug-likeness (QED) is 0.366. The van der Waals surface area contributed by atoms with Crippen LogP contribution >= 0.6 is 0 Å². The number of hydrogen-bond acceptors (Lipinski definition) is 4. The number of nitrogens with zero attached hydrogens (tertiary/aromatic N) is 1. The third-order valence-corrected chi connectivity index (χ3v) is 4.84. The first-order chi connectivity index (χ1) is 15.1. The van der Waals surface area contributed by atoms with Crippen molar-refractivity contribution in [3.8, 4) is 5.75 Å². The van der Waals surface area contributed by atoms with Gasteiger partial charge in [0.1, 0.15) is 5.75 Å². The zero-order valence-corrected chi connectivity index (χ0v) is 17.3. The van der Waals surface area contributed by atoms with E-state index in [4.69, 9.17) is 0 Å². The molecule has 0 aliphatic rings. The Morgan fingerprint density at radius 2 is 1.70 bits per heavy atom. The molecule has 0 saturated carbocycles. The molecule has 12 heteroatoms. The van der Waals surface area contributed by atoms with E-state index in [-0.39, 0.29) is 28.8 Å². The van der Waals surface area contributed by atoms with Crippen LogP contribution in [0.5, 0.6) is 5.75 Å². The largest absolute Gasteiger partial charge is 0.478 e. The Labute approximate surface area is 184 Å². The number of carboxylic acids is 1. The predicted molar refractivity (Wildman–Crippen MR) is 104 cm³/mol. The minimum Gasteiger partial charge on any atom is -0.478 e. The second kappa shape index (κ2) is 9.46. The van der Waals surface area contributed by atoms with Crippen molar-refractivity contribution in [1.82, 2.24) is 0 Å². The molecule has 0 amide bonds. The lowest BCUT2D eigenvalue weighted by Gasteiger charge is -2.41. The maximum absolute atomic E-state index is 13.7. The van der Waals surface area contributed by atoms with Gasteiger partial charge in [0.15, 0.2) is 0 Å². The first kappa shape index (κ1) is 26.2. The van der Waals surface area contributed by atoms with Crippen LogP contribution in [0.1, 0.15) is 35.3 Å². The van der Waals surface area contributed by atoms with Crippen LogP contribution in [0.3, 0.4) is 0 Å². The highest BCUT2D eigenvalue weighted by molar-refractivity contribution is 5.91. The Kier molecular flexibility index (Phi) is 7.52. The van der Waals surface area contributed by atoms with Gasteiger partial charge in [0.05, 0.1) is 5.56 Å². The third-order valence-electron chi connectivity index (χ3n) is 4.84. The summed E-state index contributed by atoms with van der Waals surface area (Å²) in [6, 6.07) is 7.60. The first-order valence-corrected chi connectivity index (χ1v) is 9.47. The summed E-state index contributed by atoms with van der Waals surface area (Å²) in [7, 11) is 0. The van der Waals surface area contributed by atoms with Crippen molar-refractivity contribution >= 4 is 11.7 Å². The molecule has 5 nitrogen and oxygen atoms in total. The molecule has 0 spiro atoms. The first-order valence-electron chi connectivity index (χ1n) is 9.47. The van der Waals surface area contributed by atoms with Crippen LogP contribution in [0, 0.1) is 0 Å². The summed E-state index contributed by atoms with van der Waals surface area (Å²) >= 11 is 0. The highest BCUT2D eigenvalue weighted by Crippen LogP contribution is 2.40. The summed E-state index contributed by atoms with van der Waals surface area (Å²) in [5, 5.41) is 19.8. The number of hydrogen-bond donors (Lipinski definition) is 2. The second-order valence-corrected chi connectivity index (χ2v) is 7.18. The zero-order valence-electron chi connectivity index (χ0n) is 17.3. The van der Waals surface area contributed by atoms with Crippen LogP contribution in [-0.4, -0.2) is 40.6 Å². The van der Waals surface area contributed by atoms with Gasteiger partial charge in [-0.05, 0) is 48.7 Å². The molecule has 0 fully saturated rings. The Balaban J connectivity index is 2.59. The molecule has 2 rings (SSSR count). The number of alkyl halides is 7. The number of ether oxygens (including phenoxy) is 1. The monoisotopic (exact) mass is 483 g/mol. The summed E-state index contributed by atoms with van der Waals surface area (Å²) < 4.78 is 96.5. The summed E-state index contributed by atoms with van der Waals surface area (Å²) in [5.74, 6) is -2.13. The maximum Gasteiger partial charge on any atom is 0.461 e. The van der Waals surface area contributed by atoms with E-state index in [0.29, 0.717) is 11.8 Å². The lowest BCUT2D eigenvalue weighted by Crippen LogP contribution is -2.57. The Morgan fingerprint density at radius 1 is 1.09 bits per heavy atom. The van der Waals surface area contributed by atoms with E-state index in [0.717, 1.165) is 18.2 Å². The highest BCUT2D eigenvalue weighted by Gasteiger charge is 2.55. The molecule has 33 heavy (non-hydrogen) atoms. The van der Waals surface area contributed by atoms with E-state index in [2.05, 4.69) is 4.74 Å². The van der Waals surface area contributed by atoms with E-state index in [1.54, 1.807) is 0 Å². The minimum absolute atomic E-state index is 0.00793. The molecule has 0 heterocycles. The molecule has 2 N–H and O–H groups in total. The van der Waals surface area contributed by atoms with Gasteiger partial charge in [-0.1, -0.05) is 25.1 Å². The molecule has 182 valence electrons. The van der Waals surface area contributed by atoms with Crippen LogP contribution in [0.2, 0.25) is 0 Å². The van der Waals surface area contributed by atoms with E-state index in [1.807, 2.05) is 0 Å². The van der Waals surface area contributed by atoms with Crippen molar-refractivity contribution < 1.29 is 50.5 Å². The number of aliphatic hydroxyl groups is 1. The molecule has 0 aromatic heterocycles. The number of aromatic carboxylic acids is 1. The molecule has 0 saturated heterocycles. The van der Waals surface area contributed by atoms with Crippen molar-refractivity contribution in [2.75, 3.05) is 4.90 Å². The average molecular weight is 483 g/mol. The lowest BCUT2D eigenvalue weighted by molar-refractivity contribution is -0.253. The summed E-state index contributed by atoms with van der Waals surface area (Å²) in [5.41, 5.74) is -4.18. The number of benzene rings is 2. The SMILES string of the molecule is CCc1c(C(=O)O)cccc1N(Cc1cccc(OC(F)(F)C(F)F)c1)C(C)(O)C(F)(F)F. The van der Waals surface area contributed by atoms with E-state index >= 15 is 0 Å². The maximum atomic E-state index is 13.7. The molecular formula is C21H20F7NO4. The van der Waals surface area contributed by atoms with Crippen LogP contribution in [-0.2, 0) is 13.0 Å². The number of rotatable bonds is 9. The fraction of sp³-hybridized carbons (Fsp3) is 0.381. The van der Waals surface area contributed by atoms with Gasteiger partial charge in [-0.25, -0.2) is 4.79 Å². The van der Waals surface area contributed by atoms with Crippen molar-refractivity contribution in [3.05, 3.63) is 59.2 Å². The van der Waals surface area contributed by atoms with Crippen LogP contribution < -0.4 is 9.64 Å². The number of halogens is 7. The van der Waals surface area contributed by atoms with Gasteiger partial charge >= 0.3 is 24.7 Å². The van der Waals surface area contributed by atoms with Gasteiger partial charge in [-0.15, -0.1) is 0 Å². The standard InChI is InChI=1S/C21H20F7NO4/c1-3-14-15(17(30)31)8-5-9-16(14)29(19(2,32)21(26,27)28)11-12-6-4-7-13(10-12)33-20(24,25)18(22)23/h4-10,18,32H,3,11H2,1-2H3,(H,30,31). The molecule has 2 aromatic rings. The second-order valence-electron chi connectivity index (χ2n) is 7.18. The molecule has 0 radical (unpaired) electrons. The van der Waals surface area contributed by atoms with Crippen molar-refractivity contribution in [3.63, 3.8) is 0 Å². The van der Waals surface area contributed by atoms with Gasteiger partial charge in [-0.3, -0.25) is 0 Å². The Morgan fingerprint density at radius 3 is 2.21 bits per heavy atom. The van der Waals surface area contributed by atoms with Crippen LogP contribution in [0.25, 0.3) is 0 Å². The van der Waals surface area contributed by atoms with Crippen LogP contribution in [0.4, 0.5) is 36.4 Å². The zero-order chi connectivity index (χ0) is 25.2. The summed E-state index contributed by atoms with van der Waals surface area (Å²) in [6.07, 6.45) is -14.2. The van der Waals surface area contributed by atoms with E-state index in [1.165, 1.54) is 31.2 Å². The predicted octanol–water partition coefficient (Wildman–Crippen LogP) is 5.46. The molecular weight excluding hydrogens is 463 g/mol. The van der Waals surface area contributed by atoms with Gasteiger partial charge in [0.2, 0.25) is 5.72 Å². The fourth-order valence-electron chi connectivity index (χ4n) is 3.12. The molecule has 1 unspecified atom stereocenters. The smallest absolute Gasteiger partial charge is 0.461 e. The van der Waals surface area contributed by atoms with Crippen LogP contribution in [0.15, 0.2) is 42.5 Å². The van der Waals surface area contributed by atoms with Gasteiger partial charge in [0.25, 0.3) is 0 Å². The lowest BCUT2D eigenvalue weighted by atomic mass is 9.99. The minimum atomic E-state index is -5.21. The summed E-state index contributed by atoms with van der Waals surface area (Å²) in [6.45, 7) is 1.21. The van der Waals surface area contributed by atoms with Crippen molar-refractivity contribution in [1.29, 1.82) is 0 Å². The van der Waals surface area contributed by atoms with Gasteiger partial charge < -0.3 is 19.8 Å². The fourth-order valence-corrected chi connectivity index (χ4v) is 3.12. The Hall–Kier alpha value is -3.02. The topological polar surface area (TPSA) is 70.0 Å². The normalized spacial score (nSPS) is 14.2. The number of carboxylic acid groups (broad SMARTS) is 1. The van der Waals surface area contributed by atoms with E-state index in [9.17, 15) is 45.7 Å². The molecule has 0 aliphatic heterocycles. The highest BCUT2D eigenvalue weighted by atomic mass is 19.4. The third kappa shape index (κ3) is 5.67. The molecule has 2 aromatic carbocycles. The van der Waals surface area contributed by atoms with Crippen molar-refractivity contribution in [2.45, 2.75) is 51.2 Å². The summed E-state index contributed by atoms with van der Waals surface area (Å²) in [4.78, 5) is 12.0. The molecule has 0 aliphatic carbocycles. The molecule has 1 atom stereocenters. The number of carbonyl (C=O) groups is 1.